The van der Waals surface area contributed by atoms with Crippen LogP contribution in [0, 0.1) is 6.92 Å². The first-order valence-corrected chi connectivity index (χ1v) is 7.50. The van der Waals surface area contributed by atoms with E-state index < -0.39 is 0 Å². The molecule has 0 saturated heterocycles. The van der Waals surface area contributed by atoms with Crippen LogP contribution in [-0.2, 0) is 6.42 Å². The number of nitrogens with two attached hydrogens (primary N) is 1. The molecule has 0 aliphatic carbocycles. The number of nitrogens with zero attached hydrogens (tertiary/aromatic N) is 2. The maximum atomic E-state index is 5.99. The molecule has 0 radical (unpaired) electrons. The Morgan fingerprint density at radius 1 is 1.11 bits per heavy atom. The summed E-state index contributed by atoms with van der Waals surface area (Å²) >= 11 is 1.83. The number of hydrogen-bond acceptors (Lipinski definition) is 4. The summed E-state index contributed by atoms with van der Waals surface area (Å²) in [5.41, 5.74) is 9.02. The fraction of sp³-hybridized carbons (Fsp3) is 0.333. The molecule has 2 aromatic rings. The van der Waals surface area contributed by atoms with Crippen LogP contribution in [-0.4, -0.2) is 15.7 Å². The van der Waals surface area contributed by atoms with Crippen molar-refractivity contribution < 1.29 is 0 Å². The predicted octanol–water partition coefficient (Wildman–Crippen LogP) is 3.71. The highest BCUT2D eigenvalue weighted by Gasteiger charge is 2.09. The van der Waals surface area contributed by atoms with Gasteiger partial charge in [-0.05, 0) is 31.2 Å². The Morgan fingerprint density at radius 2 is 1.79 bits per heavy atom. The molecule has 0 unspecified atom stereocenters. The molecule has 0 aliphatic heterocycles. The van der Waals surface area contributed by atoms with E-state index >= 15 is 0 Å². The minimum Gasteiger partial charge on any atom is -0.383 e. The Kier molecular flexibility index (Phi) is 4.43. The molecule has 0 aliphatic rings. The summed E-state index contributed by atoms with van der Waals surface area (Å²) in [6.45, 7) is 6.20. The lowest BCUT2D eigenvalue weighted by atomic mass is 10.1. The molecule has 1 aromatic heterocycles. The number of aryl methyl sites for hydroxylation is 1. The lowest BCUT2D eigenvalue weighted by Crippen LogP contribution is -2.04. The Hall–Kier alpha value is -1.55. The normalized spacial score (nSPS) is 10.7. The second-order valence-corrected chi connectivity index (χ2v) is 5.64. The number of nitrogen functional groups attached to an aromatic ring is 1. The molecule has 1 heterocycles. The molecule has 3 nitrogen and oxygen atoms in total. The van der Waals surface area contributed by atoms with Crippen LogP contribution in [0.25, 0.3) is 11.4 Å². The number of anilines is 1. The van der Waals surface area contributed by atoms with Gasteiger partial charge in [0.1, 0.15) is 5.82 Å². The number of rotatable bonds is 4. The molecule has 0 amide bonds. The summed E-state index contributed by atoms with van der Waals surface area (Å²) in [5.74, 6) is 2.38. The van der Waals surface area contributed by atoms with Crippen LogP contribution in [0.3, 0.4) is 0 Å². The quantitative estimate of drug-likeness (QED) is 0.863. The summed E-state index contributed by atoms with van der Waals surface area (Å²) in [5, 5.41) is 0. The third-order valence-corrected chi connectivity index (χ3v) is 3.92. The highest BCUT2D eigenvalue weighted by molar-refractivity contribution is 7.99. The molecule has 0 atom stereocenters. The molecule has 0 saturated carbocycles. The van der Waals surface area contributed by atoms with Crippen molar-refractivity contribution in [3.63, 3.8) is 0 Å². The molecule has 4 heteroatoms. The van der Waals surface area contributed by atoms with Gasteiger partial charge in [-0.25, -0.2) is 9.97 Å². The van der Waals surface area contributed by atoms with Crippen LogP contribution >= 0.6 is 11.8 Å². The molecule has 0 spiro atoms. The number of benzene rings is 1. The van der Waals surface area contributed by atoms with Gasteiger partial charge in [0.15, 0.2) is 5.82 Å². The van der Waals surface area contributed by atoms with Gasteiger partial charge in [-0.1, -0.05) is 26.0 Å². The van der Waals surface area contributed by atoms with E-state index in [-0.39, 0.29) is 0 Å². The molecule has 100 valence electrons. The molecule has 0 bridgehead atoms. The summed E-state index contributed by atoms with van der Waals surface area (Å²) in [6, 6.07) is 8.31. The van der Waals surface area contributed by atoms with Gasteiger partial charge in [-0.15, -0.1) is 11.8 Å². The van der Waals surface area contributed by atoms with Crippen LogP contribution < -0.4 is 5.73 Å². The second kappa shape index (κ2) is 6.06. The van der Waals surface area contributed by atoms with Crippen molar-refractivity contribution in [2.45, 2.75) is 32.1 Å². The fourth-order valence-corrected chi connectivity index (χ4v) is 2.71. The number of aromatic nitrogens is 2. The van der Waals surface area contributed by atoms with Crippen molar-refractivity contribution in [2.24, 2.45) is 0 Å². The van der Waals surface area contributed by atoms with Gasteiger partial charge >= 0.3 is 0 Å². The summed E-state index contributed by atoms with van der Waals surface area (Å²) < 4.78 is 0. The lowest BCUT2D eigenvalue weighted by molar-refractivity contribution is 1.01. The maximum absolute atomic E-state index is 5.99. The summed E-state index contributed by atoms with van der Waals surface area (Å²) in [7, 11) is 0. The Labute approximate surface area is 118 Å². The third kappa shape index (κ3) is 3.07. The van der Waals surface area contributed by atoms with Crippen LogP contribution in [0.5, 0.6) is 0 Å². The lowest BCUT2D eigenvalue weighted by Gasteiger charge is -2.09. The smallest absolute Gasteiger partial charge is 0.161 e. The summed E-state index contributed by atoms with van der Waals surface area (Å²) in [6.07, 6.45) is 0.865. The van der Waals surface area contributed by atoms with Gasteiger partial charge in [0.25, 0.3) is 0 Å². The van der Waals surface area contributed by atoms with E-state index in [4.69, 9.17) is 5.73 Å². The van der Waals surface area contributed by atoms with E-state index in [1.807, 2.05) is 18.7 Å². The summed E-state index contributed by atoms with van der Waals surface area (Å²) in [4.78, 5) is 10.2. The van der Waals surface area contributed by atoms with Crippen LogP contribution in [0.1, 0.15) is 25.1 Å². The molecule has 2 rings (SSSR count). The monoisotopic (exact) mass is 273 g/mol. The molecule has 0 fully saturated rings. The second-order valence-electron chi connectivity index (χ2n) is 4.31. The van der Waals surface area contributed by atoms with Gasteiger partial charge < -0.3 is 5.73 Å². The van der Waals surface area contributed by atoms with E-state index in [1.165, 1.54) is 4.90 Å². The van der Waals surface area contributed by atoms with Crippen LogP contribution in [0.2, 0.25) is 0 Å². The molecule has 1 aromatic carbocycles. The topological polar surface area (TPSA) is 51.8 Å². The van der Waals surface area contributed by atoms with E-state index in [2.05, 4.69) is 48.1 Å². The first kappa shape index (κ1) is 13.9. The van der Waals surface area contributed by atoms with Crippen molar-refractivity contribution in [2.75, 3.05) is 11.5 Å². The zero-order valence-electron chi connectivity index (χ0n) is 11.6. The van der Waals surface area contributed by atoms with Gasteiger partial charge in [-0.2, -0.15) is 0 Å². The molecule has 2 N–H and O–H groups in total. The van der Waals surface area contributed by atoms with Gasteiger partial charge in [0.05, 0.1) is 0 Å². The van der Waals surface area contributed by atoms with Crippen molar-refractivity contribution in [3.8, 4) is 11.4 Å². The average Bonchev–Trinajstić information content (AvgIpc) is 2.39. The average molecular weight is 273 g/mol. The zero-order chi connectivity index (χ0) is 13.8. The third-order valence-electron chi connectivity index (χ3n) is 3.02. The van der Waals surface area contributed by atoms with Crippen LogP contribution in [0.15, 0.2) is 29.2 Å². The highest BCUT2D eigenvalue weighted by Crippen LogP contribution is 2.24. The van der Waals surface area contributed by atoms with Gasteiger partial charge in [-0.3, -0.25) is 0 Å². The fourth-order valence-electron chi connectivity index (χ4n) is 2.05. The first-order valence-electron chi connectivity index (χ1n) is 6.52. The maximum Gasteiger partial charge on any atom is 0.161 e. The van der Waals surface area contributed by atoms with Crippen molar-refractivity contribution in [1.29, 1.82) is 0 Å². The van der Waals surface area contributed by atoms with Crippen molar-refractivity contribution in [1.82, 2.24) is 9.97 Å². The largest absolute Gasteiger partial charge is 0.383 e. The highest BCUT2D eigenvalue weighted by atomic mass is 32.2. The van der Waals surface area contributed by atoms with Crippen molar-refractivity contribution in [3.05, 3.63) is 35.5 Å². The molecule has 19 heavy (non-hydrogen) atoms. The van der Waals surface area contributed by atoms with Crippen molar-refractivity contribution >= 4 is 17.6 Å². The zero-order valence-corrected chi connectivity index (χ0v) is 12.4. The van der Waals surface area contributed by atoms with Gasteiger partial charge in [0, 0.05) is 21.7 Å². The first-order chi connectivity index (χ1) is 9.15. The predicted molar refractivity (Wildman–Crippen MR) is 82.4 cm³/mol. The standard InChI is InChI=1S/C15H19N3S/c1-4-13-10(3)17-15(18-14(13)16)11-6-8-12(9-7-11)19-5-2/h6-9H,4-5H2,1-3H3,(H2,16,17,18). The number of thioether (sulfide) groups is 1. The van der Waals surface area contributed by atoms with Crippen LogP contribution in [0.4, 0.5) is 5.82 Å². The van der Waals surface area contributed by atoms with E-state index in [1.54, 1.807) is 0 Å². The number of hydrogen-bond donors (Lipinski definition) is 1. The minimum atomic E-state index is 0.594. The Balaban J connectivity index is 2.36. The van der Waals surface area contributed by atoms with E-state index in [9.17, 15) is 0 Å². The Morgan fingerprint density at radius 3 is 2.32 bits per heavy atom. The van der Waals surface area contributed by atoms with E-state index in [0.29, 0.717) is 11.6 Å². The van der Waals surface area contributed by atoms with E-state index in [0.717, 1.165) is 29.0 Å². The minimum absolute atomic E-state index is 0.594. The molecular weight excluding hydrogens is 254 g/mol. The SMILES string of the molecule is CCSc1ccc(-c2nc(C)c(CC)c(N)n2)cc1. The Bertz CT molecular complexity index is 541. The van der Waals surface area contributed by atoms with Gasteiger partial charge in [0.2, 0.25) is 0 Å². The molecular formula is C15H19N3S.